The van der Waals surface area contributed by atoms with Crippen molar-refractivity contribution in [1.82, 2.24) is 9.36 Å². The van der Waals surface area contributed by atoms with Crippen LogP contribution in [0.25, 0.3) is 0 Å². The molecule has 2 aromatic rings. The highest BCUT2D eigenvalue weighted by Crippen LogP contribution is 2.22. The molecule has 1 aromatic carbocycles. The van der Waals surface area contributed by atoms with Crippen molar-refractivity contribution in [2.45, 2.75) is 9.24 Å². The van der Waals surface area contributed by atoms with Gasteiger partial charge < -0.3 is 0 Å². The van der Waals surface area contributed by atoms with Crippen molar-refractivity contribution in [3.63, 3.8) is 0 Å². The van der Waals surface area contributed by atoms with Crippen molar-refractivity contribution >= 4 is 33.0 Å². The topological polar surface area (TPSA) is 59.9 Å². The van der Waals surface area contributed by atoms with Gasteiger partial charge in [0, 0.05) is 5.02 Å². The van der Waals surface area contributed by atoms with Crippen LogP contribution in [0.4, 0.5) is 0 Å². The molecule has 0 aliphatic rings. The number of nitrogens with zero attached hydrogens (tertiary/aromatic N) is 2. The van der Waals surface area contributed by atoms with Crippen molar-refractivity contribution in [3.8, 4) is 0 Å². The predicted octanol–water partition coefficient (Wildman–Crippen LogP) is 1.82. The maximum atomic E-state index is 11.9. The molecule has 1 aromatic heterocycles. The second kappa shape index (κ2) is 3.88. The van der Waals surface area contributed by atoms with Crippen LogP contribution in [0.3, 0.4) is 0 Å². The lowest BCUT2D eigenvalue weighted by Crippen LogP contribution is -2.00. The van der Waals surface area contributed by atoms with Crippen LogP contribution >= 0.6 is 23.1 Å². The van der Waals surface area contributed by atoms with Gasteiger partial charge in [-0.2, -0.15) is 4.37 Å². The summed E-state index contributed by atoms with van der Waals surface area (Å²) in [5.74, 6) is 0. The average molecular weight is 260 g/mol. The predicted molar refractivity (Wildman–Crippen MR) is 55.6 cm³/mol. The zero-order chi connectivity index (χ0) is 10.9. The van der Waals surface area contributed by atoms with E-state index in [4.69, 9.17) is 11.6 Å². The lowest BCUT2D eigenvalue weighted by molar-refractivity contribution is 0.595. The molecule has 0 fully saturated rings. The summed E-state index contributed by atoms with van der Waals surface area (Å²) in [7, 11) is -3.56. The van der Waals surface area contributed by atoms with E-state index in [2.05, 4.69) is 15.7 Å². The number of sulfone groups is 1. The molecular formula is C8H4ClN2O2S2. The van der Waals surface area contributed by atoms with E-state index in [0.717, 1.165) is 11.5 Å². The SMILES string of the molecule is O=S(=O)(c1ccc(Cl)cc1)c1n[c]ns1. The van der Waals surface area contributed by atoms with Crippen molar-refractivity contribution in [2.24, 2.45) is 0 Å². The zero-order valence-corrected chi connectivity index (χ0v) is 9.60. The summed E-state index contributed by atoms with van der Waals surface area (Å²) in [6.45, 7) is 0. The van der Waals surface area contributed by atoms with Gasteiger partial charge in [-0.1, -0.05) is 11.6 Å². The molecule has 1 radical (unpaired) electrons. The number of hydrogen-bond donors (Lipinski definition) is 0. The first-order chi connectivity index (χ1) is 7.10. The highest BCUT2D eigenvalue weighted by molar-refractivity contribution is 7.93. The summed E-state index contributed by atoms with van der Waals surface area (Å²) in [6.07, 6.45) is 2.23. The number of halogens is 1. The van der Waals surface area contributed by atoms with Gasteiger partial charge in [-0.25, -0.2) is 13.4 Å². The fraction of sp³-hybridized carbons (Fsp3) is 0. The molecule has 1 heterocycles. The molecule has 77 valence electrons. The van der Waals surface area contributed by atoms with Gasteiger partial charge in [0.05, 0.1) is 4.90 Å². The van der Waals surface area contributed by atoms with E-state index in [0.29, 0.717) is 5.02 Å². The molecule has 15 heavy (non-hydrogen) atoms. The zero-order valence-electron chi connectivity index (χ0n) is 7.21. The Labute approximate surface area is 95.6 Å². The average Bonchev–Trinajstić information content (AvgIpc) is 2.71. The number of hydrogen-bond acceptors (Lipinski definition) is 5. The van der Waals surface area contributed by atoms with E-state index in [1.54, 1.807) is 0 Å². The van der Waals surface area contributed by atoms with Gasteiger partial charge in [0.25, 0.3) is 0 Å². The fourth-order valence-electron chi connectivity index (χ4n) is 0.965. The molecule has 0 bridgehead atoms. The highest BCUT2D eigenvalue weighted by Gasteiger charge is 2.20. The van der Waals surface area contributed by atoms with Crippen molar-refractivity contribution in [2.75, 3.05) is 0 Å². The molecule has 0 aliphatic carbocycles. The Kier molecular flexibility index (Phi) is 2.72. The van der Waals surface area contributed by atoms with Crippen LogP contribution in [-0.2, 0) is 9.84 Å². The smallest absolute Gasteiger partial charge is 0.216 e. The molecule has 0 N–H and O–H groups in total. The van der Waals surface area contributed by atoms with Gasteiger partial charge in [-0.15, -0.1) is 0 Å². The minimum absolute atomic E-state index is 0.0650. The molecular weight excluding hydrogens is 256 g/mol. The Morgan fingerprint density at radius 1 is 1.27 bits per heavy atom. The van der Waals surface area contributed by atoms with E-state index in [1.165, 1.54) is 24.3 Å². The van der Waals surface area contributed by atoms with E-state index in [1.807, 2.05) is 0 Å². The van der Waals surface area contributed by atoms with E-state index >= 15 is 0 Å². The molecule has 7 heteroatoms. The second-order valence-electron chi connectivity index (χ2n) is 2.62. The third-order valence-corrected chi connectivity index (χ3v) is 4.66. The fourth-order valence-corrected chi connectivity index (χ4v) is 2.98. The Morgan fingerprint density at radius 3 is 2.47 bits per heavy atom. The molecule has 0 atom stereocenters. The lowest BCUT2D eigenvalue weighted by Gasteiger charge is -1.99. The highest BCUT2D eigenvalue weighted by atomic mass is 35.5. The second-order valence-corrected chi connectivity index (χ2v) is 5.93. The largest absolute Gasteiger partial charge is 0.235 e. The molecule has 0 saturated carbocycles. The Morgan fingerprint density at radius 2 is 1.93 bits per heavy atom. The van der Waals surface area contributed by atoms with Crippen LogP contribution in [-0.4, -0.2) is 17.8 Å². The van der Waals surface area contributed by atoms with Gasteiger partial charge in [0.15, 0.2) is 0 Å². The van der Waals surface area contributed by atoms with Crippen molar-refractivity contribution in [3.05, 3.63) is 35.6 Å². The number of benzene rings is 1. The van der Waals surface area contributed by atoms with Crippen molar-refractivity contribution < 1.29 is 8.42 Å². The Balaban J connectivity index is 2.52. The van der Waals surface area contributed by atoms with Gasteiger partial charge in [-0.3, -0.25) is 0 Å². The molecule has 0 saturated heterocycles. The van der Waals surface area contributed by atoms with Crippen LogP contribution in [0.15, 0.2) is 33.5 Å². The first-order valence-electron chi connectivity index (χ1n) is 3.81. The maximum absolute atomic E-state index is 11.9. The summed E-state index contributed by atoms with van der Waals surface area (Å²) >= 11 is 6.45. The van der Waals surface area contributed by atoms with Crippen LogP contribution in [0, 0.1) is 6.33 Å². The normalized spacial score (nSPS) is 11.5. The monoisotopic (exact) mass is 259 g/mol. The Hall–Kier alpha value is -0.980. The van der Waals surface area contributed by atoms with Gasteiger partial charge in [0.1, 0.15) is 0 Å². The summed E-state index contributed by atoms with van der Waals surface area (Å²) < 4.78 is 27.2. The number of aromatic nitrogens is 2. The van der Waals surface area contributed by atoms with E-state index < -0.39 is 9.84 Å². The molecule has 0 unspecified atom stereocenters. The molecule has 4 nitrogen and oxygen atoms in total. The van der Waals surface area contributed by atoms with Crippen LogP contribution < -0.4 is 0 Å². The minimum atomic E-state index is -3.56. The van der Waals surface area contributed by atoms with Gasteiger partial charge >= 0.3 is 0 Å². The lowest BCUT2D eigenvalue weighted by atomic mass is 10.4. The standard InChI is InChI=1S/C8H4ClN2O2S2/c9-6-1-3-7(4-2-6)15(12,13)8-10-5-11-14-8/h1-4H. The van der Waals surface area contributed by atoms with Gasteiger partial charge in [0.2, 0.25) is 20.5 Å². The summed E-state index contributed by atoms with van der Waals surface area (Å²) in [4.78, 5) is 3.70. The number of rotatable bonds is 2. The minimum Gasteiger partial charge on any atom is -0.216 e. The first kappa shape index (κ1) is 10.5. The third kappa shape index (κ3) is 2.01. The summed E-state index contributed by atoms with van der Waals surface area (Å²) in [5, 5.41) is 0.484. The van der Waals surface area contributed by atoms with Crippen LogP contribution in [0.5, 0.6) is 0 Å². The van der Waals surface area contributed by atoms with Gasteiger partial charge in [-0.05, 0) is 35.8 Å². The van der Waals surface area contributed by atoms with Crippen LogP contribution in [0.1, 0.15) is 0 Å². The van der Waals surface area contributed by atoms with Crippen LogP contribution in [0.2, 0.25) is 5.02 Å². The third-order valence-electron chi connectivity index (χ3n) is 1.66. The first-order valence-corrected chi connectivity index (χ1v) is 6.44. The molecule has 0 aliphatic heterocycles. The molecule has 2 rings (SSSR count). The summed E-state index contributed by atoms with van der Waals surface area (Å²) in [6, 6.07) is 5.89. The molecule has 0 spiro atoms. The maximum Gasteiger partial charge on any atom is 0.235 e. The Bertz CT molecular complexity index is 549. The van der Waals surface area contributed by atoms with E-state index in [9.17, 15) is 8.42 Å². The molecule has 0 amide bonds. The van der Waals surface area contributed by atoms with Crippen molar-refractivity contribution in [1.29, 1.82) is 0 Å². The van der Waals surface area contributed by atoms with E-state index in [-0.39, 0.29) is 9.24 Å². The summed E-state index contributed by atoms with van der Waals surface area (Å²) in [5.41, 5.74) is 0. The quantitative estimate of drug-likeness (QED) is 0.826.